The molecule has 0 atom stereocenters. The molecule has 0 saturated carbocycles. The predicted molar refractivity (Wildman–Crippen MR) is 79.5 cm³/mol. The molecule has 0 amide bonds. The fraction of sp³-hybridized carbons (Fsp3) is 0.692. The van der Waals surface area contributed by atoms with Gasteiger partial charge in [-0.3, -0.25) is 0 Å². The summed E-state index contributed by atoms with van der Waals surface area (Å²) in [5.74, 6) is 1.90. The van der Waals surface area contributed by atoms with Gasteiger partial charge in [-0.25, -0.2) is 9.97 Å². The highest BCUT2D eigenvalue weighted by atomic mass is 35.5. The molecule has 0 fully saturated rings. The summed E-state index contributed by atoms with van der Waals surface area (Å²) < 4.78 is 0. The van der Waals surface area contributed by atoms with Crippen LogP contribution in [0, 0.1) is 0 Å². The lowest BCUT2D eigenvalue weighted by Crippen LogP contribution is -2.25. The molecule has 0 bridgehead atoms. The first kappa shape index (κ1) is 15.7. The van der Waals surface area contributed by atoms with Crippen LogP contribution in [0.15, 0.2) is 11.1 Å². The Labute approximate surface area is 119 Å². The standard InChI is InChI=1S/C13H22ClN3S/c1-4-7-12-15-11(14)10-13(16-12)18-9-8-17(5-2)6-3/h10H,4-9H2,1-3H3. The quantitative estimate of drug-likeness (QED) is 0.540. The highest BCUT2D eigenvalue weighted by Gasteiger charge is 2.05. The highest BCUT2D eigenvalue weighted by Crippen LogP contribution is 2.19. The van der Waals surface area contributed by atoms with Crippen LogP contribution in [0.2, 0.25) is 5.15 Å². The predicted octanol–water partition coefficient (Wildman–Crippen LogP) is 3.52. The van der Waals surface area contributed by atoms with E-state index in [0.717, 1.165) is 49.1 Å². The molecule has 0 N–H and O–H groups in total. The van der Waals surface area contributed by atoms with Crippen molar-refractivity contribution in [3.05, 3.63) is 17.0 Å². The number of thioether (sulfide) groups is 1. The van der Waals surface area contributed by atoms with E-state index < -0.39 is 0 Å². The Morgan fingerprint density at radius 1 is 1.22 bits per heavy atom. The summed E-state index contributed by atoms with van der Waals surface area (Å²) >= 11 is 7.76. The minimum Gasteiger partial charge on any atom is -0.303 e. The van der Waals surface area contributed by atoms with Gasteiger partial charge in [0, 0.05) is 24.8 Å². The minimum absolute atomic E-state index is 0.554. The zero-order valence-electron chi connectivity index (χ0n) is 11.4. The van der Waals surface area contributed by atoms with Crippen LogP contribution in [0.5, 0.6) is 0 Å². The Morgan fingerprint density at radius 3 is 2.56 bits per heavy atom. The molecule has 0 unspecified atom stereocenters. The van der Waals surface area contributed by atoms with E-state index in [1.165, 1.54) is 0 Å². The van der Waals surface area contributed by atoms with Gasteiger partial charge in [-0.1, -0.05) is 32.4 Å². The van der Waals surface area contributed by atoms with E-state index in [0.29, 0.717) is 5.15 Å². The van der Waals surface area contributed by atoms with E-state index in [9.17, 15) is 0 Å². The molecule has 5 heteroatoms. The number of aryl methyl sites for hydroxylation is 1. The van der Waals surface area contributed by atoms with Crippen LogP contribution in [-0.2, 0) is 6.42 Å². The lowest BCUT2D eigenvalue weighted by molar-refractivity contribution is 0.324. The first-order chi connectivity index (χ1) is 8.69. The average molecular weight is 288 g/mol. The largest absolute Gasteiger partial charge is 0.303 e. The van der Waals surface area contributed by atoms with Gasteiger partial charge in [0.25, 0.3) is 0 Å². The number of nitrogens with zero attached hydrogens (tertiary/aromatic N) is 3. The molecule has 1 heterocycles. The molecule has 0 aliphatic rings. The Kier molecular flexibility index (Phi) is 7.63. The third kappa shape index (κ3) is 5.55. The third-order valence-corrected chi connectivity index (χ3v) is 3.83. The van der Waals surface area contributed by atoms with Crippen LogP contribution in [0.25, 0.3) is 0 Å². The van der Waals surface area contributed by atoms with Crippen molar-refractivity contribution in [1.29, 1.82) is 0 Å². The normalized spacial score (nSPS) is 11.2. The van der Waals surface area contributed by atoms with Crippen molar-refractivity contribution in [3.8, 4) is 0 Å². The lowest BCUT2D eigenvalue weighted by atomic mass is 10.3. The van der Waals surface area contributed by atoms with Gasteiger partial charge < -0.3 is 4.90 Å². The van der Waals surface area contributed by atoms with E-state index in [2.05, 4.69) is 35.6 Å². The molecular formula is C13H22ClN3S. The molecule has 1 rings (SSSR count). The molecule has 102 valence electrons. The topological polar surface area (TPSA) is 29.0 Å². The summed E-state index contributed by atoms with van der Waals surface area (Å²) in [6.45, 7) is 9.79. The average Bonchev–Trinajstić information content (AvgIpc) is 2.34. The third-order valence-electron chi connectivity index (χ3n) is 2.74. The first-order valence-corrected chi connectivity index (χ1v) is 7.94. The van der Waals surface area contributed by atoms with E-state index >= 15 is 0 Å². The van der Waals surface area contributed by atoms with Crippen LogP contribution in [0.1, 0.15) is 33.0 Å². The second kappa shape index (κ2) is 8.73. The lowest BCUT2D eigenvalue weighted by Gasteiger charge is -2.17. The molecule has 0 aromatic carbocycles. The van der Waals surface area contributed by atoms with Gasteiger partial charge in [0.05, 0.1) is 0 Å². The minimum atomic E-state index is 0.554. The summed E-state index contributed by atoms with van der Waals surface area (Å²) in [5, 5.41) is 1.55. The molecule has 0 aliphatic carbocycles. The second-order valence-corrected chi connectivity index (χ2v) is 5.57. The fourth-order valence-corrected chi connectivity index (χ4v) is 2.86. The van der Waals surface area contributed by atoms with Crippen molar-refractivity contribution in [3.63, 3.8) is 0 Å². The van der Waals surface area contributed by atoms with Crippen molar-refractivity contribution in [1.82, 2.24) is 14.9 Å². The van der Waals surface area contributed by atoms with E-state index in [1.54, 1.807) is 11.8 Å². The van der Waals surface area contributed by atoms with E-state index in [4.69, 9.17) is 11.6 Å². The van der Waals surface area contributed by atoms with Crippen molar-refractivity contribution in [2.45, 2.75) is 38.6 Å². The Hall–Kier alpha value is -0.320. The zero-order chi connectivity index (χ0) is 13.4. The summed E-state index contributed by atoms with van der Waals surface area (Å²) in [6.07, 6.45) is 1.94. The molecule has 1 aromatic heterocycles. The van der Waals surface area contributed by atoms with Gasteiger partial charge in [0.15, 0.2) is 0 Å². The van der Waals surface area contributed by atoms with Gasteiger partial charge in [-0.2, -0.15) is 0 Å². The fourth-order valence-electron chi connectivity index (χ4n) is 1.67. The van der Waals surface area contributed by atoms with Crippen LogP contribution >= 0.6 is 23.4 Å². The smallest absolute Gasteiger partial charge is 0.133 e. The molecule has 1 aromatic rings. The van der Waals surface area contributed by atoms with Crippen molar-refractivity contribution >= 4 is 23.4 Å². The summed E-state index contributed by atoms with van der Waals surface area (Å²) in [6, 6.07) is 1.85. The van der Waals surface area contributed by atoms with Crippen LogP contribution in [0.3, 0.4) is 0 Å². The van der Waals surface area contributed by atoms with Crippen molar-refractivity contribution in [2.75, 3.05) is 25.4 Å². The zero-order valence-corrected chi connectivity index (χ0v) is 13.0. The van der Waals surface area contributed by atoms with Crippen LogP contribution < -0.4 is 0 Å². The molecule has 0 aliphatic heterocycles. The summed E-state index contributed by atoms with van der Waals surface area (Å²) in [7, 11) is 0. The van der Waals surface area contributed by atoms with Gasteiger partial charge >= 0.3 is 0 Å². The van der Waals surface area contributed by atoms with E-state index in [1.807, 2.05) is 6.07 Å². The molecule has 0 spiro atoms. The number of hydrogen-bond acceptors (Lipinski definition) is 4. The Morgan fingerprint density at radius 2 is 1.94 bits per heavy atom. The monoisotopic (exact) mass is 287 g/mol. The van der Waals surface area contributed by atoms with E-state index in [-0.39, 0.29) is 0 Å². The summed E-state index contributed by atoms with van der Waals surface area (Å²) in [5.41, 5.74) is 0. The van der Waals surface area contributed by atoms with Crippen molar-refractivity contribution in [2.24, 2.45) is 0 Å². The van der Waals surface area contributed by atoms with Gasteiger partial charge in [-0.05, 0) is 19.5 Å². The SMILES string of the molecule is CCCc1nc(Cl)cc(SCCN(CC)CC)n1. The molecule has 18 heavy (non-hydrogen) atoms. The number of aromatic nitrogens is 2. The van der Waals surface area contributed by atoms with Crippen LogP contribution in [0.4, 0.5) is 0 Å². The van der Waals surface area contributed by atoms with Gasteiger partial charge in [-0.15, -0.1) is 11.8 Å². The van der Waals surface area contributed by atoms with Gasteiger partial charge in [0.1, 0.15) is 16.0 Å². The number of hydrogen-bond donors (Lipinski definition) is 0. The van der Waals surface area contributed by atoms with Crippen molar-refractivity contribution < 1.29 is 0 Å². The highest BCUT2D eigenvalue weighted by molar-refractivity contribution is 7.99. The molecule has 0 saturated heterocycles. The first-order valence-electron chi connectivity index (χ1n) is 6.58. The second-order valence-electron chi connectivity index (χ2n) is 4.07. The van der Waals surface area contributed by atoms with Crippen LogP contribution in [-0.4, -0.2) is 40.3 Å². The summed E-state index contributed by atoms with van der Waals surface area (Å²) in [4.78, 5) is 11.2. The Balaban J connectivity index is 2.51. The molecule has 0 radical (unpaired) electrons. The maximum absolute atomic E-state index is 6.01. The number of rotatable bonds is 8. The maximum Gasteiger partial charge on any atom is 0.133 e. The van der Waals surface area contributed by atoms with Gasteiger partial charge in [0.2, 0.25) is 0 Å². The number of halogens is 1. The Bertz CT molecular complexity index is 356. The molecular weight excluding hydrogens is 266 g/mol. The molecule has 3 nitrogen and oxygen atoms in total. The maximum atomic E-state index is 6.01.